The quantitative estimate of drug-likeness (QED) is 0.187. The average molecular weight is 671 g/mol. The third kappa shape index (κ3) is 5.78. The number of anilines is 1. The van der Waals surface area contributed by atoms with Gasteiger partial charge in [-0.1, -0.05) is 48.5 Å². The molecule has 3 aromatic carbocycles. The fourth-order valence-corrected chi connectivity index (χ4v) is 7.41. The Bertz CT molecular complexity index is 1960. The normalized spacial score (nSPS) is 20.9. The van der Waals surface area contributed by atoms with Gasteiger partial charge in [0.05, 0.1) is 36.8 Å². The van der Waals surface area contributed by atoms with Crippen LogP contribution < -0.4 is 14.4 Å². The molecule has 3 aliphatic heterocycles. The number of amides is 1. The van der Waals surface area contributed by atoms with Gasteiger partial charge in [-0.15, -0.1) is 0 Å². The van der Waals surface area contributed by atoms with E-state index in [1.54, 1.807) is 0 Å². The van der Waals surface area contributed by atoms with Gasteiger partial charge in [-0.25, -0.2) is 11.0 Å². The number of likely N-dealkylation sites (N-methyl/N-ethyl adjacent to an activating group) is 1. The van der Waals surface area contributed by atoms with Crippen molar-refractivity contribution in [3.05, 3.63) is 76.9 Å². The maximum atomic E-state index is 14.0. The van der Waals surface area contributed by atoms with Crippen LogP contribution in [0.25, 0.3) is 37.6 Å². The molecule has 4 aromatic rings. The van der Waals surface area contributed by atoms with Crippen LogP contribution in [-0.2, 0) is 16.0 Å². The Labute approximate surface area is 283 Å². The first kappa shape index (κ1) is 32.1. The number of carbonyl (C=O) groups is 1. The van der Waals surface area contributed by atoms with Gasteiger partial charge in [-0.2, -0.15) is 9.97 Å². The fraction of sp³-hybridized carbons (Fsp3) is 0.389. The molecule has 7 rings (SSSR count). The molecule has 48 heavy (non-hydrogen) atoms. The molecule has 3 atom stereocenters. The summed E-state index contributed by atoms with van der Waals surface area (Å²) in [5, 5.41) is 3.37. The summed E-state index contributed by atoms with van der Waals surface area (Å²) in [6.07, 6.45) is 1.33. The third-order valence-electron chi connectivity index (χ3n) is 9.46. The van der Waals surface area contributed by atoms with Crippen LogP contribution in [0.1, 0.15) is 12.0 Å². The Balaban J connectivity index is 1.42. The van der Waals surface area contributed by atoms with Gasteiger partial charge in [0.15, 0.2) is 5.83 Å². The number of fused-ring (bicyclic) bond motifs is 4. The lowest BCUT2D eigenvalue weighted by Gasteiger charge is -2.40. The standard InChI is InChI=1S/C36H36ClFN6O4/c1-21(38)35(45)44-14-13-43(18-23(44)17-39-2)34-32-28(40-36(41-34)48-30-20-46-19-29(30)42(3)4)16-26(25-11-7-15-47-33(25)32)24-10-5-8-22-9-6-12-27(37)31(22)24/h5-6,8-10,12,16,23,29-30H,1,7,11,13-15,17-20H2,3-4H3/t23-,29?,30?/m0/s1. The Kier molecular flexibility index (Phi) is 8.81. The first-order chi connectivity index (χ1) is 23.2. The van der Waals surface area contributed by atoms with Crippen molar-refractivity contribution in [2.45, 2.75) is 31.0 Å². The summed E-state index contributed by atoms with van der Waals surface area (Å²) in [5.74, 6) is -0.557. The minimum absolute atomic E-state index is 0.00637. The zero-order valence-corrected chi connectivity index (χ0v) is 27.7. The van der Waals surface area contributed by atoms with Crippen molar-refractivity contribution in [2.75, 3.05) is 65.0 Å². The SMILES string of the molecule is [C-]#[N+]C[C@H]1CN(c2nc(OC3COCC3N(C)C)nc3cc(-c4cccc5cccc(Cl)c45)c4c(c23)OCCC4)CCN1C(=O)C(=C)F. The van der Waals surface area contributed by atoms with Crippen molar-refractivity contribution >= 4 is 45.0 Å². The average Bonchev–Trinajstić information content (AvgIpc) is 3.55. The molecule has 0 saturated carbocycles. The van der Waals surface area contributed by atoms with E-state index >= 15 is 0 Å². The minimum Gasteiger partial charge on any atom is -0.492 e. The summed E-state index contributed by atoms with van der Waals surface area (Å²) in [7, 11) is 3.97. The molecule has 248 valence electrons. The van der Waals surface area contributed by atoms with E-state index in [-0.39, 0.29) is 37.8 Å². The molecular formula is C36H36ClFN6O4. The lowest BCUT2D eigenvalue weighted by molar-refractivity contribution is -0.131. The third-order valence-corrected chi connectivity index (χ3v) is 9.78. The molecule has 0 spiro atoms. The Hall–Kier alpha value is -4.50. The molecule has 4 heterocycles. The van der Waals surface area contributed by atoms with E-state index in [9.17, 15) is 9.18 Å². The maximum Gasteiger partial charge on any atom is 0.319 e. The zero-order chi connectivity index (χ0) is 33.5. The summed E-state index contributed by atoms with van der Waals surface area (Å²) in [6, 6.07) is 13.7. The van der Waals surface area contributed by atoms with Crippen LogP contribution >= 0.6 is 11.6 Å². The first-order valence-electron chi connectivity index (χ1n) is 16.1. The van der Waals surface area contributed by atoms with E-state index in [4.69, 9.17) is 42.4 Å². The van der Waals surface area contributed by atoms with Crippen molar-refractivity contribution in [1.29, 1.82) is 0 Å². The zero-order valence-electron chi connectivity index (χ0n) is 26.9. The molecule has 12 heteroatoms. The van der Waals surface area contributed by atoms with E-state index < -0.39 is 17.8 Å². The summed E-state index contributed by atoms with van der Waals surface area (Å²) in [6.45, 7) is 13.0. The van der Waals surface area contributed by atoms with E-state index in [0.717, 1.165) is 45.7 Å². The molecule has 2 unspecified atom stereocenters. The highest BCUT2D eigenvalue weighted by molar-refractivity contribution is 6.36. The highest BCUT2D eigenvalue weighted by Gasteiger charge is 2.37. The Morgan fingerprint density at radius 3 is 2.75 bits per heavy atom. The van der Waals surface area contributed by atoms with Crippen LogP contribution in [0.3, 0.4) is 0 Å². The number of benzene rings is 3. The fourth-order valence-electron chi connectivity index (χ4n) is 7.12. The molecular weight excluding hydrogens is 635 g/mol. The molecule has 2 fully saturated rings. The molecule has 1 amide bonds. The smallest absolute Gasteiger partial charge is 0.319 e. The number of hydrogen-bond donors (Lipinski definition) is 0. The monoisotopic (exact) mass is 670 g/mol. The van der Waals surface area contributed by atoms with Crippen LogP contribution in [0.5, 0.6) is 11.8 Å². The number of aromatic nitrogens is 2. The van der Waals surface area contributed by atoms with Crippen LogP contribution in [-0.4, -0.2) is 104 Å². The lowest BCUT2D eigenvalue weighted by Crippen LogP contribution is -2.56. The number of hydrogen-bond acceptors (Lipinski definition) is 8. The second-order valence-electron chi connectivity index (χ2n) is 12.6. The van der Waals surface area contributed by atoms with E-state index in [1.807, 2.05) is 49.3 Å². The van der Waals surface area contributed by atoms with E-state index in [0.29, 0.717) is 48.5 Å². The molecule has 3 aliphatic rings. The van der Waals surface area contributed by atoms with Gasteiger partial charge >= 0.3 is 6.01 Å². The van der Waals surface area contributed by atoms with Crippen LogP contribution in [0, 0.1) is 6.57 Å². The summed E-state index contributed by atoms with van der Waals surface area (Å²) in [4.78, 5) is 31.7. The van der Waals surface area contributed by atoms with Gasteiger partial charge in [0.2, 0.25) is 6.54 Å². The molecule has 0 aliphatic carbocycles. The second-order valence-corrected chi connectivity index (χ2v) is 13.0. The van der Waals surface area contributed by atoms with Gasteiger partial charge < -0.3 is 33.8 Å². The number of carbonyl (C=O) groups excluding carboxylic acids is 1. The predicted octanol–water partition coefficient (Wildman–Crippen LogP) is 5.56. The van der Waals surface area contributed by atoms with Crippen molar-refractivity contribution in [3.63, 3.8) is 0 Å². The van der Waals surface area contributed by atoms with Gasteiger partial charge in [0.1, 0.15) is 23.7 Å². The number of ether oxygens (including phenoxy) is 3. The van der Waals surface area contributed by atoms with Crippen molar-refractivity contribution in [2.24, 2.45) is 0 Å². The minimum atomic E-state index is -1.04. The van der Waals surface area contributed by atoms with Gasteiger partial charge in [-0.3, -0.25) is 4.79 Å². The largest absolute Gasteiger partial charge is 0.492 e. The predicted molar refractivity (Wildman–Crippen MR) is 183 cm³/mol. The Morgan fingerprint density at radius 1 is 1.17 bits per heavy atom. The van der Waals surface area contributed by atoms with Gasteiger partial charge in [0.25, 0.3) is 5.91 Å². The molecule has 1 aromatic heterocycles. The van der Waals surface area contributed by atoms with Crippen LogP contribution in [0.2, 0.25) is 5.02 Å². The number of piperazine rings is 1. The molecule has 0 bridgehead atoms. The van der Waals surface area contributed by atoms with Crippen LogP contribution in [0.15, 0.2) is 54.9 Å². The number of rotatable bonds is 7. The molecule has 0 N–H and O–H groups in total. The summed E-state index contributed by atoms with van der Waals surface area (Å²) in [5.41, 5.74) is 3.63. The highest BCUT2D eigenvalue weighted by atomic mass is 35.5. The van der Waals surface area contributed by atoms with Crippen LogP contribution in [0.4, 0.5) is 10.2 Å². The van der Waals surface area contributed by atoms with E-state index in [2.05, 4.69) is 28.5 Å². The maximum absolute atomic E-state index is 14.0. The number of halogens is 2. The molecule has 0 radical (unpaired) electrons. The van der Waals surface area contributed by atoms with Crippen molar-refractivity contribution < 1.29 is 23.4 Å². The molecule has 2 saturated heterocycles. The second kappa shape index (κ2) is 13.2. The van der Waals surface area contributed by atoms with E-state index in [1.165, 1.54) is 4.90 Å². The summed E-state index contributed by atoms with van der Waals surface area (Å²) >= 11 is 6.82. The first-order valence-corrected chi connectivity index (χ1v) is 16.4. The Morgan fingerprint density at radius 2 is 1.98 bits per heavy atom. The topological polar surface area (TPSA) is 84.6 Å². The highest BCUT2D eigenvalue weighted by Crippen LogP contribution is 2.46. The summed E-state index contributed by atoms with van der Waals surface area (Å²) < 4.78 is 32.7. The lowest BCUT2D eigenvalue weighted by atomic mass is 9.89. The van der Waals surface area contributed by atoms with Gasteiger partial charge in [0, 0.05) is 35.6 Å². The van der Waals surface area contributed by atoms with Gasteiger partial charge in [-0.05, 0) is 55.6 Å². The number of nitrogens with zero attached hydrogens (tertiary/aromatic N) is 6. The molecule has 10 nitrogen and oxygen atoms in total. The van der Waals surface area contributed by atoms with Crippen molar-refractivity contribution in [3.8, 4) is 22.9 Å². The van der Waals surface area contributed by atoms with Crippen molar-refractivity contribution in [1.82, 2.24) is 19.8 Å².